The van der Waals surface area contributed by atoms with Crippen molar-refractivity contribution in [3.05, 3.63) is 64.2 Å². The van der Waals surface area contributed by atoms with Gasteiger partial charge in [-0.15, -0.1) is 0 Å². The molecule has 0 bridgehead atoms. The molecule has 0 unspecified atom stereocenters. The van der Waals surface area contributed by atoms with Gasteiger partial charge in [0.2, 0.25) is 5.91 Å². The number of halogens is 1. The number of likely N-dealkylation sites (tertiary alicyclic amines) is 1. The minimum Gasteiger partial charge on any atom is -0.486 e. The van der Waals surface area contributed by atoms with Gasteiger partial charge < -0.3 is 9.64 Å². The number of benzene rings is 2. The topological polar surface area (TPSA) is 84.0 Å². The molecule has 0 N–H and O–H groups in total. The van der Waals surface area contributed by atoms with Gasteiger partial charge in [0.1, 0.15) is 11.4 Å². The third kappa shape index (κ3) is 3.91. The van der Waals surface area contributed by atoms with Crippen molar-refractivity contribution in [1.82, 2.24) is 9.80 Å². The Kier molecular flexibility index (Phi) is 5.44. The third-order valence-corrected chi connectivity index (χ3v) is 6.96. The lowest BCUT2D eigenvalue weighted by molar-refractivity contribution is -0.134. The van der Waals surface area contributed by atoms with Gasteiger partial charge in [0.25, 0.3) is 11.8 Å². The van der Waals surface area contributed by atoms with Crippen molar-refractivity contribution in [2.24, 2.45) is 0 Å². The van der Waals surface area contributed by atoms with Crippen LogP contribution >= 0.6 is 11.6 Å². The number of amides is 3. The number of nitrogens with zero attached hydrogens (tertiary/aromatic N) is 2. The van der Waals surface area contributed by atoms with Crippen LogP contribution in [0, 0.1) is 0 Å². The molecule has 2 aromatic carbocycles. The monoisotopic (exact) mass is 466 g/mol. The summed E-state index contributed by atoms with van der Waals surface area (Å²) in [6.45, 7) is 1.22. The number of carbonyl (C=O) groups is 4. The van der Waals surface area contributed by atoms with E-state index in [0.29, 0.717) is 59.8 Å². The minimum atomic E-state index is -0.588. The van der Waals surface area contributed by atoms with E-state index >= 15 is 0 Å². The smallest absolute Gasteiger partial charge is 0.261 e. The highest BCUT2D eigenvalue weighted by molar-refractivity contribution is 6.31. The van der Waals surface area contributed by atoms with E-state index in [1.165, 1.54) is 4.90 Å². The number of ketones is 1. The van der Waals surface area contributed by atoms with Crippen LogP contribution in [0.25, 0.3) is 0 Å². The maximum absolute atomic E-state index is 12.7. The number of rotatable bonds is 4. The number of hydrogen-bond donors (Lipinski definition) is 0. The second-order valence-corrected chi connectivity index (χ2v) is 9.25. The average Bonchev–Trinajstić information content (AvgIpc) is 3.05. The zero-order chi connectivity index (χ0) is 23.2. The fraction of sp³-hybridized carbons (Fsp3) is 0.360. The number of imide groups is 1. The fourth-order valence-corrected chi connectivity index (χ4v) is 5.07. The molecule has 33 heavy (non-hydrogen) atoms. The van der Waals surface area contributed by atoms with E-state index in [1.54, 1.807) is 47.4 Å². The van der Waals surface area contributed by atoms with E-state index in [4.69, 9.17) is 16.3 Å². The number of fused-ring (bicyclic) bond motifs is 2. The molecule has 0 atom stereocenters. The van der Waals surface area contributed by atoms with Gasteiger partial charge in [-0.2, -0.15) is 0 Å². The Morgan fingerprint density at radius 3 is 2.30 bits per heavy atom. The van der Waals surface area contributed by atoms with Crippen molar-refractivity contribution in [3.63, 3.8) is 0 Å². The molecule has 1 fully saturated rings. The second kappa shape index (κ2) is 8.30. The van der Waals surface area contributed by atoms with E-state index in [-0.39, 0.29) is 42.9 Å². The molecular weight excluding hydrogens is 444 g/mol. The number of piperidine rings is 1. The van der Waals surface area contributed by atoms with Crippen LogP contribution in [0.15, 0.2) is 42.5 Å². The Hall–Kier alpha value is -3.19. The van der Waals surface area contributed by atoms with E-state index < -0.39 is 5.60 Å². The van der Waals surface area contributed by atoms with Gasteiger partial charge in [-0.05, 0) is 36.8 Å². The van der Waals surface area contributed by atoms with Gasteiger partial charge in [-0.25, -0.2) is 0 Å². The van der Waals surface area contributed by atoms with Crippen LogP contribution in [0.1, 0.15) is 63.2 Å². The summed E-state index contributed by atoms with van der Waals surface area (Å²) in [6.07, 6.45) is 2.09. The standard InChI is InChI=1S/C25H23ClN2O5/c26-16-7-8-21-19(14-16)20(29)15-25(33-21)9-12-27(13-10-25)22(30)6-3-11-28-23(31)17-4-1-2-5-18(17)24(28)32/h1-2,4-5,7-8,14H,3,6,9-13,15H2. The Labute approximate surface area is 196 Å². The van der Waals surface area contributed by atoms with Crippen molar-refractivity contribution >= 4 is 35.1 Å². The van der Waals surface area contributed by atoms with Crippen LogP contribution < -0.4 is 4.74 Å². The molecule has 5 rings (SSSR count). The Morgan fingerprint density at radius 1 is 0.970 bits per heavy atom. The maximum Gasteiger partial charge on any atom is 0.261 e. The van der Waals surface area contributed by atoms with Crippen LogP contribution in [0.5, 0.6) is 5.75 Å². The summed E-state index contributed by atoms with van der Waals surface area (Å²) < 4.78 is 6.22. The van der Waals surface area contributed by atoms with Crippen LogP contribution in [0.2, 0.25) is 5.02 Å². The van der Waals surface area contributed by atoms with E-state index in [2.05, 4.69) is 0 Å². The zero-order valence-electron chi connectivity index (χ0n) is 18.0. The maximum atomic E-state index is 12.7. The summed E-state index contributed by atoms with van der Waals surface area (Å²) in [5.41, 5.74) is 0.760. The highest BCUT2D eigenvalue weighted by Crippen LogP contribution is 2.40. The molecule has 3 heterocycles. The predicted octanol–water partition coefficient (Wildman–Crippen LogP) is 3.74. The molecule has 7 nitrogen and oxygen atoms in total. The lowest BCUT2D eigenvalue weighted by atomic mass is 9.82. The van der Waals surface area contributed by atoms with Crippen molar-refractivity contribution < 1.29 is 23.9 Å². The first-order chi connectivity index (χ1) is 15.9. The third-order valence-electron chi connectivity index (χ3n) is 6.73. The van der Waals surface area contributed by atoms with Crippen molar-refractivity contribution in [3.8, 4) is 5.75 Å². The number of hydrogen-bond acceptors (Lipinski definition) is 5. The van der Waals surface area contributed by atoms with E-state index in [0.717, 1.165) is 0 Å². The van der Waals surface area contributed by atoms with Gasteiger partial charge in [-0.3, -0.25) is 24.1 Å². The van der Waals surface area contributed by atoms with E-state index in [1.807, 2.05) is 0 Å². The summed E-state index contributed by atoms with van der Waals surface area (Å²) in [5.74, 6) is -0.0566. The number of carbonyl (C=O) groups excluding carboxylic acids is 4. The normalized spacial score (nSPS) is 18.9. The van der Waals surface area contributed by atoms with Crippen molar-refractivity contribution in [2.45, 2.75) is 37.7 Å². The van der Waals surface area contributed by atoms with Crippen LogP contribution in [0.3, 0.4) is 0 Å². The SMILES string of the molecule is O=C1CC2(CCN(C(=O)CCCN3C(=O)c4ccccc4C3=O)CC2)Oc2ccc(Cl)cc21. The quantitative estimate of drug-likeness (QED) is 0.641. The average molecular weight is 467 g/mol. The summed E-state index contributed by atoms with van der Waals surface area (Å²) in [6, 6.07) is 11.8. The fourth-order valence-electron chi connectivity index (χ4n) is 4.90. The number of ether oxygens (including phenoxy) is 1. The molecule has 3 amide bonds. The molecule has 8 heteroatoms. The molecule has 170 valence electrons. The largest absolute Gasteiger partial charge is 0.486 e. The molecular formula is C25H23ClN2O5. The molecule has 1 spiro atoms. The minimum absolute atomic E-state index is 0.0134. The molecule has 1 saturated heterocycles. The van der Waals surface area contributed by atoms with Crippen LogP contribution in [0.4, 0.5) is 0 Å². The Balaban J connectivity index is 1.14. The summed E-state index contributed by atoms with van der Waals surface area (Å²) in [5, 5.41) is 0.503. The zero-order valence-corrected chi connectivity index (χ0v) is 18.8. The second-order valence-electron chi connectivity index (χ2n) is 8.82. The molecule has 0 aliphatic carbocycles. The first-order valence-corrected chi connectivity index (χ1v) is 11.5. The number of Topliss-reactive ketones (excluding diaryl/α,β-unsaturated/α-hetero) is 1. The van der Waals surface area contributed by atoms with Crippen LogP contribution in [-0.4, -0.2) is 58.5 Å². The molecule has 2 aromatic rings. The van der Waals surface area contributed by atoms with Gasteiger partial charge in [0, 0.05) is 43.9 Å². The highest BCUT2D eigenvalue weighted by atomic mass is 35.5. The summed E-state index contributed by atoms with van der Waals surface area (Å²) in [7, 11) is 0. The molecule has 3 aliphatic rings. The molecule has 0 saturated carbocycles. The first-order valence-electron chi connectivity index (χ1n) is 11.1. The molecule has 3 aliphatic heterocycles. The van der Waals surface area contributed by atoms with Crippen molar-refractivity contribution in [2.75, 3.05) is 19.6 Å². The van der Waals surface area contributed by atoms with Crippen molar-refractivity contribution in [1.29, 1.82) is 0 Å². The predicted molar refractivity (Wildman–Crippen MR) is 121 cm³/mol. The van der Waals surface area contributed by atoms with Gasteiger partial charge in [0.05, 0.1) is 23.1 Å². The summed E-state index contributed by atoms with van der Waals surface area (Å²) >= 11 is 6.00. The first kappa shape index (κ1) is 21.6. The Bertz CT molecular complexity index is 1130. The van der Waals surface area contributed by atoms with Crippen LogP contribution in [-0.2, 0) is 4.79 Å². The van der Waals surface area contributed by atoms with Gasteiger partial charge in [0.15, 0.2) is 5.78 Å². The lowest BCUT2D eigenvalue weighted by Crippen LogP contribution is -2.52. The summed E-state index contributed by atoms with van der Waals surface area (Å²) in [4.78, 5) is 53.3. The van der Waals surface area contributed by atoms with Gasteiger partial charge >= 0.3 is 0 Å². The molecule has 0 aromatic heterocycles. The van der Waals surface area contributed by atoms with Gasteiger partial charge in [-0.1, -0.05) is 23.7 Å². The highest BCUT2D eigenvalue weighted by Gasteiger charge is 2.43. The Morgan fingerprint density at radius 2 is 1.64 bits per heavy atom. The van der Waals surface area contributed by atoms with E-state index in [9.17, 15) is 19.2 Å². The molecule has 0 radical (unpaired) electrons. The lowest BCUT2D eigenvalue weighted by Gasteiger charge is -2.44.